The van der Waals surface area contributed by atoms with Crippen molar-refractivity contribution in [1.29, 1.82) is 0 Å². The van der Waals surface area contributed by atoms with E-state index in [9.17, 15) is 84.7 Å². The Morgan fingerprint density at radius 3 is 1.49 bits per heavy atom. The van der Waals surface area contributed by atoms with Crippen LogP contribution in [0.25, 0.3) is 22.0 Å². The van der Waals surface area contributed by atoms with Gasteiger partial charge in [0.05, 0.1) is 233 Å². The van der Waals surface area contributed by atoms with Crippen LogP contribution in [0.4, 0.5) is 48.2 Å². The van der Waals surface area contributed by atoms with E-state index in [1.807, 2.05) is 0 Å². The Balaban J connectivity index is 0.595. The van der Waals surface area contributed by atoms with Gasteiger partial charge in [-0.05, 0) is 45.8 Å². The van der Waals surface area contributed by atoms with Crippen molar-refractivity contribution in [1.82, 2.24) is 70.8 Å². The molecule has 0 aliphatic carbocycles. The van der Waals surface area contributed by atoms with E-state index in [0.29, 0.717) is 39.0 Å². The maximum absolute atomic E-state index is 14.8. The Bertz CT molecular complexity index is 4400. The number of benzene rings is 1. The molecule has 6 amide bonds. The van der Waals surface area contributed by atoms with E-state index in [1.54, 1.807) is 36.4 Å². The van der Waals surface area contributed by atoms with Crippen LogP contribution in [-0.2, 0) is 125 Å². The lowest BCUT2D eigenvalue weighted by Crippen LogP contribution is -2.57. The molecule has 0 saturated carbocycles. The van der Waals surface area contributed by atoms with Crippen molar-refractivity contribution in [3.63, 3.8) is 0 Å². The zero-order chi connectivity index (χ0) is 94.6. The first-order valence-corrected chi connectivity index (χ1v) is 42.9. The standard InChI is InChI=1S/C81H109BrF7N17O26/c1-50(107)74-55-31-51(5-6-58(55)106(104-74)41-73(112)105-40-53(83)32-59(105)79(117)103-65-4-2-3-64(82)102-65)52-33-94-66(95-34-52)39-96-71(110)48-129-29-25-124-26-30-130-49-72(111)97-54(42-125-11-7-69(108)92-9-13-118-15-17-120-19-21-122-23-27-127-46-60-77(115)75(113)56(44-131-60)98-67-37-90-35-62(100-67)80(84,85)86)43-126-12-8-70(109)93-10-14-119-16-18-121-20-22-123-24-28-128-47-61-78(116)76(114)57(45-132-61)99-68-38-91-36-63(101-68)81(87,88)89/h2-6,31,33-38,53-54,56-57,59-61,75-78,113-116H,7-30,32,39-49H2,1H3,(H,92,108)(H,93,109)(H,96,110)(H,97,111)(H,98,100)(H,99,101)(H,102,103,117)/t53-,56+,57+,59+,60-,61-,75-,76-,77+,78+/m1/s1. The molecule has 51 heteroatoms. The van der Waals surface area contributed by atoms with E-state index in [2.05, 4.69) is 93.1 Å². The lowest BCUT2D eigenvalue weighted by molar-refractivity contribution is -0.161. The van der Waals surface area contributed by atoms with Gasteiger partial charge < -0.3 is 134 Å². The summed E-state index contributed by atoms with van der Waals surface area (Å²) >= 11 is 3.25. The fourth-order valence-electron chi connectivity index (χ4n) is 12.9. The highest BCUT2D eigenvalue weighted by atomic mass is 79.9. The minimum Gasteiger partial charge on any atom is -0.388 e. The molecule has 5 aromatic heterocycles. The van der Waals surface area contributed by atoms with Gasteiger partial charge in [-0.1, -0.05) is 12.1 Å². The molecule has 730 valence electrons. The molecule has 0 bridgehead atoms. The van der Waals surface area contributed by atoms with Gasteiger partial charge in [0.25, 0.3) is 0 Å². The van der Waals surface area contributed by atoms with Gasteiger partial charge in [0.15, 0.2) is 17.2 Å². The molecular weight excluding hydrogens is 1840 g/mol. The Kier molecular flexibility index (Phi) is 45.5. The predicted molar refractivity (Wildman–Crippen MR) is 448 cm³/mol. The number of Topliss-reactive ketones (excluding diaryl/α,β-unsaturated/α-hetero) is 1. The van der Waals surface area contributed by atoms with Gasteiger partial charge in [0.2, 0.25) is 35.4 Å². The third-order valence-corrected chi connectivity index (χ3v) is 20.0. The van der Waals surface area contributed by atoms with E-state index in [-0.39, 0.29) is 284 Å². The van der Waals surface area contributed by atoms with E-state index in [1.165, 1.54) is 24.0 Å². The van der Waals surface area contributed by atoms with E-state index in [0.717, 1.165) is 17.3 Å². The molecular formula is C81H109BrF7N17O26. The Hall–Kier alpha value is -9.60. The zero-order valence-electron chi connectivity index (χ0n) is 72.0. The van der Waals surface area contributed by atoms with Gasteiger partial charge >= 0.3 is 12.4 Å². The quantitative estimate of drug-likeness (QED) is 0.0108. The van der Waals surface area contributed by atoms with Crippen LogP contribution >= 0.6 is 15.9 Å². The minimum atomic E-state index is -4.72. The molecule has 0 spiro atoms. The molecule has 1 aromatic carbocycles. The first kappa shape index (κ1) is 106. The summed E-state index contributed by atoms with van der Waals surface area (Å²) in [5.74, 6) is -3.21. The van der Waals surface area contributed by atoms with Gasteiger partial charge in [-0.15, -0.1) is 0 Å². The van der Waals surface area contributed by atoms with Gasteiger partial charge in [-0.2, -0.15) is 31.4 Å². The zero-order valence-corrected chi connectivity index (χ0v) is 73.6. The van der Waals surface area contributed by atoms with Crippen LogP contribution in [0.15, 0.2) is 78.2 Å². The summed E-state index contributed by atoms with van der Waals surface area (Å²) < 4.78 is 178. The number of carbonyl (C=O) groups is 7. The summed E-state index contributed by atoms with van der Waals surface area (Å²) in [6.07, 6.45) is -12.4. The fraction of sp³-hybridized carbons (Fsp3) is 0.617. The van der Waals surface area contributed by atoms with Crippen LogP contribution in [0, 0.1) is 0 Å². The normalized spacial score (nSPS) is 19.3. The molecule has 10 atom stereocenters. The second-order valence-electron chi connectivity index (χ2n) is 29.6. The second-order valence-corrected chi connectivity index (χ2v) is 30.4. The van der Waals surface area contributed by atoms with Gasteiger partial charge in [0.1, 0.15) is 102 Å². The number of nitrogens with one attached hydrogen (secondary N) is 7. The van der Waals surface area contributed by atoms with Crippen LogP contribution < -0.4 is 37.2 Å². The number of nitrogens with zero attached hydrogens (tertiary/aromatic N) is 10. The number of hydrogen-bond acceptors (Lipinski definition) is 36. The van der Waals surface area contributed by atoms with Crippen molar-refractivity contribution in [2.75, 3.05) is 221 Å². The molecule has 11 N–H and O–H groups in total. The Labute approximate surface area is 760 Å². The fourth-order valence-corrected chi connectivity index (χ4v) is 13.2. The van der Waals surface area contributed by atoms with Crippen molar-refractivity contribution in [2.24, 2.45) is 0 Å². The molecule has 6 aromatic rings. The van der Waals surface area contributed by atoms with Gasteiger partial charge in [-0.25, -0.2) is 29.3 Å². The second kappa shape index (κ2) is 56.6. The first-order chi connectivity index (χ1) is 63.6. The summed E-state index contributed by atoms with van der Waals surface area (Å²) in [4.78, 5) is 119. The largest absolute Gasteiger partial charge is 0.434 e. The molecule has 3 aliphatic heterocycles. The summed E-state index contributed by atoms with van der Waals surface area (Å²) in [5.41, 5.74) is -0.738. The third-order valence-electron chi connectivity index (χ3n) is 19.6. The SMILES string of the molecule is CC(=O)c1nn(CC(=O)N2C[C@H](F)C[C@H]2C(=O)Nc2cccc(Br)n2)c2ccc(-c3cnc(CNC(=O)COCCOCCOCC(=O)NC(COCCC(=O)NCCOCCOCCOCCOC[C@H]4OC[C@H](Nc5cncc(C(F)(F)F)n5)[C@@H](O)[C@H]4O)COCCC(=O)NCCOCCOCCOCCOC[C@H]4OC[C@H](Nc5cncc(C(F)(F)F)n5)[C@@H](O)[C@H]4O)nc3)cc12. The number of amides is 6. The molecule has 8 heterocycles. The maximum Gasteiger partial charge on any atom is 0.434 e. The Morgan fingerprint density at radius 2 is 1.01 bits per heavy atom. The summed E-state index contributed by atoms with van der Waals surface area (Å²) in [6, 6.07) is 6.23. The summed E-state index contributed by atoms with van der Waals surface area (Å²) in [5, 5.41) is 65.9. The number of anilines is 3. The number of aromatic nitrogens is 9. The summed E-state index contributed by atoms with van der Waals surface area (Å²) in [7, 11) is 0. The smallest absolute Gasteiger partial charge is 0.388 e. The number of aliphatic hydroxyl groups excluding tert-OH is 4. The third kappa shape index (κ3) is 37.3. The molecule has 3 aliphatic rings. The number of rotatable bonds is 61. The number of aliphatic hydroxyl groups is 4. The van der Waals surface area contributed by atoms with Crippen LogP contribution in [0.2, 0.25) is 0 Å². The van der Waals surface area contributed by atoms with Crippen LogP contribution in [-0.4, -0.2) is 383 Å². The highest BCUT2D eigenvalue weighted by Gasteiger charge is 2.43. The number of pyridine rings is 1. The average molecular weight is 1950 g/mol. The van der Waals surface area contributed by atoms with Crippen molar-refractivity contribution in [3.05, 3.63) is 101 Å². The van der Waals surface area contributed by atoms with E-state index >= 15 is 0 Å². The highest BCUT2D eigenvalue weighted by Crippen LogP contribution is 2.32. The maximum atomic E-state index is 14.8. The predicted octanol–water partition coefficient (Wildman–Crippen LogP) is 0.581. The molecule has 132 heavy (non-hydrogen) atoms. The van der Waals surface area contributed by atoms with Gasteiger partial charge in [0, 0.05) is 62.6 Å². The molecule has 0 unspecified atom stereocenters. The molecule has 3 fully saturated rings. The van der Waals surface area contributed by atoms with Crippen LogP contribution in [0.3, 0.4) is 0 Å². The number of hydrogen-bond donors (Lipinski definition) is 11. The molecule has 3 saturated heterocycles. The summed E-state index contributed by atoms with van der Waals surface area (Å²) in [6.45, 7) is 2.50. The monoisotopic (exact) mass is 1950 g/mol. The van der Waals surface area contributed by atoms with E-state index < -0.39 is 114 Å². The number of fused-ring (bicyclic) bond motifs is 1. The minimum absolute atomic E-state index is 0.00707. The number of ketones is 1. The lowest BCUT2D eigenvalue weighted by Gasteiger charge is -2.38. The van der Waals surface area contributed by atoms with Gasteiger partial charge in [-0.3, -0.25) is 48.2 Å². The van der Waals surface area contributed by atoms with Crippen molar-refractivity contribution in [3.8, 4) is 11.1 Å². The number of halogens is 8. The van der Waals surface area contributed by atoms with Crippen molar-refractivity contribution < 1.29 is 156 Å². The van der Waals surface area contributed by atoms with Crippen LogP contribution in [0.1, 0.15) is 53.9 Å². The average Bonchev–Trinajstić information content (AvgIpc) is 1.62. The van der Waals surface area contributed by atoms with Crippen LogP contribution in [0.5, 0.6) is 0 Å². The number of ether oxygens (including phenoxy) is 15. The van der Waals surface area contributed by atoms with Crippen molar-refractivity contribution >= 4 is 85.5 Å². The van der Waals surface area contributed by atoms with Crippen molar-refractivity contribution in [2.45, 2.75) is 119 Å². The molecule has 9 rings (SSSR count). The number of likely N-dealkylation sites (tertiary alicyclic amines) is 1. The topological polar surface area (TPSA) is 534 Å². The van der Waals surface area contributed by atoms with E-state index in [4.69, 9.17) is 71.1 Å². The lowest BCUT2D eigenvalue weighted by atomic mass is 9.98. The number of alkyl halides is 7. The number of carbonyl (C=O) groups excluding carboxylic acids is 7. The molecule has 43 nitrogen and oxygen atoms in total. The Morgan fingerprint density at radius 1 is 0.530 bits per heavy atom. The first-order valence-electron chi connectivity index (χ1n) is 42.1. The molecule has 0 radical (unpaired) electrons. The highest BCUT2D eigenvalue weighted by molar-refractivity contribution is 9.10.